The highest BCUT2D eigenvalue weighted by atomic mass is 15.3. The molecule has 218 valence electrons. The topological polar surface area (TPSA) is 58.0 Å². The molecule has 0 radical (unpaired) electrons. The summed E-state index contributed by atoms with van der Waals surface area (Å²) in [5, 5.41) is 4.98. The summed E-state index contributed by atoms with van der Waals surface area (Å²) in [6, 6.07) is 9.23. The largest absolute Gasteiger partial charge is 0.360 e. The first kappa shape index (κ1) is 27.3. The van der Waals surface area contributed by atoms with Gasteiger partial charge in [-0.25, -0.2) is 0 Å². The Morgan fingerprint density at radius 1 is 0.429 bits per heavy atom. The minimum atomic E-state index is -0.0263. The number of rotatable bonds is 2. The van der Waals surface area contributed by atoms with E-state index in [1.165, 1.54) is 45.8 Å². The Balaban J connectivity index is 1.75. The summed E-state index contributed by atoms with van der Waals surface area (Å²) < 4.78 is 0. The first-order chi connectivity index (χ1) is 19.8. The van der Waals surface area contributed by atoms with Crippen molar-refractivity contribution in [2.75, 3.05) is 9.80 Å². The quantitative estimate of drug-likeness (QED) is 0.201. The molecule has 6 nitrogen and oxygen atoms in total. The van der Waals surface area contributed by atoms with E-state index in [2.05, 4.69) is 89.5 Å². The molecular formula is C36H44N6. The fourth-order valence-corrected chi connectivity index (χ4v) is 8.78. The number of aromatic nitrogens is 4. The van der Waals surface area contributed by atoms with Crippen molar-refractivity contribution in [1.29, 1.82) is 0 Å². The Hall–Kier alpha value is -3.54. The smallest absolute Gasteiger partial charge is 0.0893 e. The van der Waals surface area contributed by atoms with Crippen molar-refractivity contribution in [3.63, 3.8) is 0 Å². The average Bonchev–Trinajstić information content (AvgIpc) is 2.90. The van der Waals surface area contributed by atoms with Gasteiger partial charge in [-0.3, -0.25) is 19.9 Å². The van der Waals surface area contributed by atoms with E-state index in [9.17, 15) is 0 Å². The molecule has 2 fully saturated rings. The maximum absolute atomic E-state index is 4.80. The van der Waals surface area contributed by atoms with E-state index in [4.69, 9.17) is 19.9 Å². The summed E-state index contributed by atoms with van der Waals surface area (Å²) >= 11 is 0. The summed E-state index contributed by atoms with van der Waals surface area (Å²) in [5.41, 5.74) is 6.19. The van der Waals surface area contributed by atoms with Crippen molar-refractivity contribution in [2.45, 2.75) is 116 Å². The second-order valence-corrected chi connectivity index (χ2v) is 15.2. The molecule has 0 unspecified atom stereocenters. The van der Waals surface area contributed by atoms with Gasteiger partial charge in [0.25, 0.3) is 0 Å². The molecule has 42 heavy (non-hydrogen) atoms. The Bertz CT molecular complexity index is 1600. The molecule has 0 bridgehead atoms. The predicted molar refractivity (Wildman–Crippen MR) is 177 cm³/mol. The molecule has 2 saturated heterocycles. The third-order valence-electron chi connectivity index (χ3n) is 10.3. The minimum Gasteiger partial charge on any atom is -0.360 e. The molecule has 3 aromatic carbocycles. The van der Waals surface area contributed by atoms with Gasteiger partial charge in [0.05, 0.1) is 33.4 Å². The molecule has 0 aliphatic carbocycles. The van der Waals surface area contributed by atoms with Crippen LogP contribution in [-0.4, -0.2) is 42.1 Å². The van der Waals surface area contributed by atoms with Crippen LogP contribution in [0.1, 0.15) is 93.9 Å². The molecule has 5 aromatic rings. The first-order valence-electron chi connectivity index (χ1n) is 15.7. The second-order valence-electron chi connectivity index (χ2n) is 15.2. The fraction of sp³-hybridized carbons (Fsp3) is 0.500. The lowest BCUT2D eigenvalue weighted by Crippen LogP contribution is -2.59. The zero-order chi connectivity index (χ0) is 29.7. The predicted octanol–water partition coefficient (Wildman–Crippen LogP) is 8.97. The van der Waals surface area contributed by atoms with Gasteiger partial charge in [-0.05, 0) is 118 Å². The summed E-state index contributed by atoms with van der Waals surface area (Å²) in [6.07, 6.45) is 14.3. The third-order valence-corrected chi connectivity index (χ3v) is 10.3. The van der Waals surface area contributed by atoms with Gasteiger partial charge in [0.1, 0.15) is 0 Å². The summed E-state index contributed by atoms with van der Waals surface area (Å²) in [5.74, 6) is 0. The number of nitrogens with zero attached hydrogens (tertiary/aromatic N) is 6. The van der Waals surface area contributed by atoms with Gasteiger partial charge in [-0.15, -0.1) is 0 Å². The van der Waals surface area contributed by atoms with Crippen LogP contribution in [0.25, 0.3) is 43.6 Å². The molecule has 6 heteroatoms. The van der Waals surface area contributed by atoms with E-state index in [-0.39, 0.29) is 22.2 Å². The minimum absolute atomic E-state index is 0.0263. The molecule has 2 aliphatic rings. The highest BCUT2D eigenvalue weighted by Gasteiger charge is 2.46. The number of anilines is 2. The van der Waals surface area contributed by atoms with E-state index >= 15 is 0 Å². The molecule has 0 spiro atoms. The molecule has 2 aliphatic heterocycles. The molecule has 0 atom stereocenters. The van der Waals surface area contributed by atoms with Gasteiger partial charge < -0.3 is 9.80 Å². The Morgan fingerprint density at radius 2 is 0.667 bits per heavy atom. The van der Waals surface area contributed by atoms with Gasteiger partial charge in [0.15, 0.2) is 0 Å². The van der Waals surface area contributed by atoms with Crippen LogP contribution < -0.4 is 9.80 Å². The van der Waals surface area contributed by atoms with Gasteiger partial charge in [0.2, 0.25) is 0 Å². The molecule has 7 rings (SSSR count). The molecule has 0 amide bonds. The fourth-order valence-electron chi connectivity index (χ4n) is 8.78. The molecular weight excluding hydrogens is 516 g/mol. The summed E-state index contributed by atoms with van der Waals surface area (Å²) in [6.45, 7) is 19.3. The number of fused-ring (bicyclic) bond motifs is 4. The third kappa shape index (κ3) is 4.05. The Labute approximate surface area is 249 Å². The van der Waals surface area contributed by atoms with E-state index in [0.29, 0.717) is 0 Å². The standard InChI is InChI=1S/C36H44N6/c1-33(2)11-9-12-34(3,4)41(33)31-23-19-27-29(39-17-15-37-27)21-25(23)32(42-35(5,6)13-10-14-36(42,7)8)26-22-30-28(20-24(26)31)38-16-18-40-30/h15-22H,9-14H2,1-8H3. The number of hydrogen-bond acceptors (Lipinski definition) is 6. The first-order valence-corrected chi connectivity index (χ1v) is 15.7. The summed E-state index contributed by atoms with van der Waals surface area (Å²) in [4.78, 5) is 24.7. The highest BCUT2D eigenvalue weighted by molar-refractivity contribution is 6.24. The van der Waals surface area contributed by atoms with Crippen molar-refractivity contribution in [3.8, 4) is 0 Å². The van der Waals surface area contributed by atoms with E-state index in [1.54, 1.807) is 0 Å². The highest BCUT2D eigenvalue weighted by Crippen LogP contribution is 2.54. The maximum Gasteiger partial charge on any atom is 0.0893 e. The average molecular weight is 561 g/mol. The van der Waals surface area contributed by atoms with Crippen LogP contribution in [0.3, 0.4) is 0 Å². The van der Waals surface area contributed by atoms with Crippen LogP contribution in [0.5, 0.6) is 0 Å². The maximum atomic E-state index is 4.80. The SMILES string of the molecule is CC1(C)CCCC(C)(C)N1c1c2cc3nccnc3cc2c(N2C(C)(C)CCCC2(C)C)c2cc3nccnc3cc12. The van der Waals surface area contributed by atoms with Crippen molar-refractivity contribution in [3.05, 3.63) is 49.1 Å². The van der Waals surface area contributed by atoms with Gasteiger partial charge in [0, 0.05) is 68.5 Å². The zero-order valence-electron chi connectivity index (χ0n) is 26.5. The lowest BCUT2D eigenvalue weighted by Gasteiger charge is -2.57. The number of piperidine rings is 2. The van der Waals surface area contributed by atoms with Crippen LogP contribution >= 0.6 is 0 Å². The van der Waals surface area contributed by atoms with E-state index in [1.807, 2.05) is 24.8 Å². The molecule has 0 N–H and O–H groups in total. The molecule has 2 aromatic heterocycles. The summed E-state index contributed by atoms with van der Waals surface area (Å²) in [7, 11) is 0. The van der Waals surface area contributed by atoms with Crippen molar-refractivity contribution in [1.82, 2.24) is 19.9 Å². The number of hydrogen-bond donors (Lipinski definition) is 0. The van der Waals surface area contributed by atoms with Crippen molar-refractivity contribution >= 4 is 55.0 Å². The van der Waals surface area contributed by atoms with Crippen molar-refractivity contribution < 1.29 is 0 Å². The van der Waals surface area contributed by atoms with E-state index in [0.717, 1.165) is 47.8 Å². The molecule has 4 heterocycles. The van der Waals surface area contributed by atoms with Crippen molar-refractivity contribution in [2.24, 2.45) is 0 Å². The Kier molecular flexibility index (Phi) is 5.84. The van der Waals surface area contributed by atoms with Crippen LogP contribution in [0.2, 0.25) is 0 Å². The lowest BCUT2D eigenvalue weighted by molar-refractivity contribution is 0.244. The molecule has 0 saturated carbocycles. The Morgan fingerprint density at radius 3 is 0.905 bits per heavy atom. The van der Waals surface area contributed by atoms with Gasteiger partial charge >= 0.3 is 0 Å². The number of benzene rings is 3. The van der Waals surface area contributed by atoms with Gasteiger partial charge in [-0.2, -0.15) is 0 Å². The van der Waals surface area contributed by atoms with Crippen LogP contribution in [-0.2, 0) is 0 Å². The lowest BCUT2D eigenvalue weighted by atomic mass is 9.76. The van der Waals surface area contributed by atoms with E-state index < -0.39 is 0 Å². The van der Waals surface area contributed by atoms with Gasteiger partial charge in [-0.1, -0.05) is 0 Å². The van der Waals surface area contributed by atoms with Crippen LogP contribution in [0, 0.1) is 0 Å². The zero-order valence-corrected chi connectivity index (χ0v) is 26.5. The van der Waals surface area contributed by atoms with Crippen LogP contribution in [0.15, 0.2) is 49.1 Å². The van der Waals surface area contributed by atoms with Crippen LogP contribution in [0.4, 0.5) is 11.4 Å². The normalized spacial score (nSPS) is 21.4. The monoisotopic (exact) mass is 560 g/mol. The second kappa shape index (κ2) is 8.98.